The Hall–Kier alpha value is -2.64. The number of nitrogens with one attached hydrogen (secondary N) is 1. The zero-order chi connectivity index (χ0) is 22.4. The summed E-state index contributed by atoms with van der Waals surface area (Å²) in [5, 5.41) is 2.81. The summed E-state index contributed by atoms with van der Waals surface area (Å²) >= 11 is 6.88. The average molecular weight is 546 g/mol. The fourth-order valence-electron chi connectivity index (χ4n) is 3.17. The van der Waals surface area contributed by atoms with Gasteiger partial charge in [-0.2, -0.15) is 0 Å². The fourth-order valence-corrected chi connectivity index (χ4v) is 4.72. The molecule has 3 aromatic carbocycles. The molecular weight excluding hydrogens is 524 g/mol. The molecule has 160 valence electrons. The molecule has 5 nitrogen and oxygen atoms in total. The summed E-state index contributed by atoms with van der Waals surface area (Å²) in [5.41, 5.74) is 2.56. The van der Waals surface area contributed by atoms with Gasteiger partial charge in [0.15, 0.2) is 6.61 Å². The molecule has 0 unspecified atom stereocenters. The van der Waals surface area contributed by atoms with Crippen molar-refractivity contribution in [3.05, 3.63) is 86.8 Å². The highest BCUT2D eigenvalue weighted by Gasteiger charge is 2.20. The molecule has 0 bridgehead atoms. The highest BCUT2D eigenvalue weighted by molar-refractivity contribution is 9.11. The van der Waals surface area contributed by atoms with Crippen LogP contribution in [0.1, 0.15) is 22.8 Å². The molecule has 1 N–H and O–H groups in total. The van der Waals surface area contributed by atoms with E-state index in [1.54, 1.807) is 29.2 Å². The summed E-state index contributed by atoms with van der Waals surface area (Å²) < 4.78 is 7.39. The number of aryl methyl sites for hydroxylation is 1. The minimum Gasteiger partial charge on any atom is -0.482 e. The van der Waals surface area contributed by atoms with Gasteiger partial charge in [0.05, 0.1) is 15.7 Å². The Labute approximate surface area is 198 Å². The van der Waals surface area contributed by atoms with E-state index in [1.165, 1.54) is 0 Å². The second kappa shape index (κ2) is 10.6. The third kappa shape index (κ3) is 5.74. The van der Waals surface area contributed by atoms with Gasteiger partial charge < -0.3 is 15.0 Å². The quantitative estimate of drug-likeness (QED) is 0.384. The third-order valence-corrected chi connectivity index (χ3v) is 5.65. The van der Waals surface area contributed by atoms with Crippen LogP contribution in [0.25, 0.3) is 0 Å². The van der Waals surface area contributed by atoms with Crippen molar-refractivity contribution in [2.75, 3.05) is 23.4 Å². The van der Waals surface area contributed by atoms with Gasteiger partial charge in [-0.1, -0.05) is 46.3 Å². The number of anilines is 2. The number of para-hydroxylation sites is 2. The lowest BCUT2D eigenvalue weighted by Crippen LogP contribution is -2.32. The molecule has 3 aromatic rings. The minimum absolute atomic E-state index is 0.181. The first-order valence-electron chi connectivity index (χ1n) is 9.75. The summed E-state index contributed by atoms with van der Waals surface area (Å²) in [6, 6.07) is 20.2. The smallest absolute Gasteiger partial charge is 0.262 e. The lowest BCUT2D eigenvalue weighted by Gasteiger charge is -2.22. The number of halogens is 2. The van der Waals surface area contributed by atoms with Crippen molar-refractivity contribution in [1.82, 2.24) is 0 Å². The van der Waals surface area contributed by atoms with Crippen LogP contribution in [0, 0.1) is 6.92 Å². The predicted molar refractivity (Wildman–Crippen MR) is 131 cm³/mol. The molecule has 0 fully saturated rings. The molecule has 2 amide bonds. The lowest BCUT2D eigenvalue weighted by molar-refractivity contribution is -0.118. The van der Waals surface area contributed by atoms with Crippen molar-refractivity contribution >= 4 is 55.0 Å². The molecule has 0 saturated carbocycles. The van der Waals surface area contributed by atoms with E-state index in [4.69, 9.17) is 4.74 Å². The number of hydrogen-bond acceptors (Lipinski definition) is 3. The van der Waals surface area contributed by atoms with Gasteiger partial charge in [-0.3, -0.25) is 9.59 Å². The zero-order valence-corrected chi connectivity index (χ0v) is 20.4. The van der Waals surface area contributed by atoms with E-state index >= 15 is 0 Å². The minimum atomic E-state index is -0.350. The molecule has 0 aliphatic carbocycles. The number of carbonyl (C=O) groups excluding carboxylic acids is 2. The predicted octanol–water partition coefficient (Wildman–Crippen LogP) is 6.20. The van der Waals surface area contributed by atoms with Crippen LogP contribution in [0.5, 0.6) is 5.75 Å². The van der Waals surface area contributed by atoms with E-state index in [9.17, 15) is 9.59 Å². The summed E-state index contributed by atoms with van der Waals surface area (Å²) in [6.07, 6.45) is 0. The van der Waals surface area contributed by atoms with Crippen LogP contribution in [0.2, 0.25) is 0 Å². The molecule has 0 spiro atoms. The van der Waals surface area contributed by atoms with E-state index in [1.807, 2.05) is 56.3 Å². The summed E-state index contributed by atoms with van der Waals surface area (Å²) in [5.74, 6) is 0.0678. The van der Waals surface area contributed by atoms with E-state index in [0.717, 1.165) is 20.2 Å². The average Bonchev–Trinajstić information content (AvgIpc) is 2.74. The van der Waals surface area contributed by atoms with Gasteiger partial charge in [0.2, 0.25) is 0 Å². The Morgan fingerprint density at radius 1 is 1.00 bits per heavy atom. The number of hydrogen-bond donors (Lipinski definition) is 1. The maximum atomic E-state index is 13.2. The van der Waals surface area contributed by atoms with Crippen molar-refractivity contribution in [3.8, 4) is 5.75 Å². The molecule has 0 radical (unpaired) electrons. The summed E-state index contributed by atoms with van der Waals surface area (Å²) in [4.78, 5) is 27.5. The van der Waals surface area contributed by atoms with E-state index in [2.05, 4.69) is 37.2 Å². The van der Waals surface area contributed by atoms with Gasteiger partial charge in [-0.15, -0.1) is 0 Å². The Balaban J connectivity index is 1.74. The molecule has 31 heavy (non-hydrogen) atoms. The van der Waals surface area contributed by atoms with Gasteiger partial charge in [0, 0.05) is 16.7 Å². The standard InChI is InChI=1S/C24H22Br2N2O3/c1-3-28(18-9-5-4-6-10-18)24(30)19-11-7-8-12-21(19)27-22(29)15-31-23-16(2)13-17(25)14-20(23)26/h4-14H,3,15H2,1-2H3,(H,27,29). The topological polar surface area (TPSA) is 58.6 Å². The van der Waals surface area contributed by atoms with Crippen LogP contribution in [0.15, 0.2) is 75.7 Å². The van der Waals surface area contributed by atoms with Crippen LogP contribution >= 0.6 is 31.9 Å². The zero-order valence-electron chi connectivity index (χ0n) is 17.2. The van der Waals surface area contributed by atoms with Crippen molar-refractivity contribution in [1.29, 1.82) is 0 Å². The maximum Gasteiger partial charge on any atom is 0.262 e. The van der Waals surface area contributed by atoms with Crippen molar-refractivity contribution in [2.45, 2.75) is 13.8 Å². The second-order valence-electron chi connectivity index (χ2n) is 6.80. The number of nitrogens with zero attached hydrogens (tertiary/aromatic N) is 1. The van der Waals surface area contributed by atoms with Gasteiger partial charge in [-0.05, 0) is 71.7 Å². The van der Waals surface area contributed by atoms with E-state index < -0.39 is 0 Å². The third-order valence-electron chi connectivity index (χ3n) is 4.60. The van der Waals surface area contributed by atoms with E-state index in [0.29, 0.717) is 23.5 Å². The van der Waals surface area contributed by atoms with Crippen molar-refractivity contribution < 1.29 is 14.3 Å². The molecule has 0 aromatic heterocycles. The number of benzene rings is 3. The molecule has 7 heteroatoms. The van der Waals surface area contributed by atoms with Gasteiger partial charge in [0.1, 0.15) is 5.75 Å². The Bertz CT molecular complexity index is 1060. The van der Waals surface area contributed by atoms with Crippen molar-refractivity contribution in [3.63, 3.8) is 0 Å². The highest BCUT2D eigenvalue weighted by atomic mass is 79.9. The number of ether oxygens (including phenoxy) is 1. The maximum absolute atomic E-state index is 13.2. The van der Waals surface area contributed by atoms with E-state index in [-0.39, 0.29) is 18.4 Å². The summed E-state index contributed by atoms with van der Waals surface area (Å²) in [7, 11) is 0. The van der Waals surface area contributed by atoms with Crippen LogP contribution in [0.3, 0.4) is 0 Å². The molecule has 0 saturated heterocycles. The number of rotatable bonds is 7. The van der Waals surface area contributed by atoms with Gasteiger partial charge >= 0.3 is 0 Å². The lowest BCUT2D eigenvalue weighted by atomic mass is 10.1. The molecule has 0 atom stereocenters. The number of carbonyl (C=O) groups is 2. The van der Waals surface area contributed by atoms with Crippen LogP contribution in [0.4, 0.5) is 11.4 Å². The molecule has 0 aliphatic rings. The first-order chi connectivity index (χ1) is 14.9. The normalized spacial score (nSPS) is 10.5. The Kier molecular flexibility index (Phi) is 7.87. The first-order valence-corrected chi connectivity index (χ1v) is 11.3. The highest BCUT2D eigenvalue weighted by Crippen LogP contribution is 2.32. The second-order valence-corrected chi connectivity index (χ2v) is 8.57. The van der Waals surface area contributed by atoms with Crippen molar-refractivity contribution in [2.24, 2.45) is 0 Å². The molecule has 3 rings (SSSR count). The van der Waals surface area contributed by atoms with Crippen LogP contribution in [-0.4, -0.2) is 25.0 Å². The largest absolute Gasteiger partial charge is 0.482 e. The fraction of sp³-hybridized carbons (Fsp3) is 0.167. The number of amides is 2. The van der Waals surface area contributed by atoms with Crippen LogP contribution < -0.4 is 15.0 Å². The Morgan fingerprint density at radius 2 is 1.68 bits per heavy atom. The molecule has 0 aliphatic heterocycles. The SMILES string of the molecule is CCN(C(=O)c1ccccc1NC(=O)COc1c(C)cc(Br)cc1Br)c1ccccc1. The van der Waals surface area contributed by atoms with Gasteiger partial charge in [0.25, 0.3) is 11.8 Å². The molecule has 0 heterocycles. The molecular formula is C24H22Br2N2O3. The Morgan fingerprint density at radius 3 is 2.35 bits per heavy atom. The summed E-state index contributed by atoms with van der Waals surface area (Å²) in [6.45, 7) is 4.14. The monoisotopic (exact) mass is 544 g/mol. The first kappa shape index (κ1) is 23.0. The van der Waals surface area contributed by atoms with Crippen LogP contribution in [-0.2, 0) is 4.79 Å². The van der Waals surface area contributed by atoms with Gasteiger partial charge in [-0.25, -0.2) is 0 Å².